The van der Waals surface area contributed by atoms with Gasteiger partial charge in [0, 0.05) is 0 Å². The number of nitrogens with one attached hydrogen (secondary N) is 1. The monoisotopic (exact) mass is 308 g/mol. The van der Waals surface area contributed by atoms with Crippen LogP contribution in [0.1, 0.15) is 28.4 Å². The standard InChI is InChI=1S/C18H16N2O3/c1-2-23-18(22)13-8-6-12(7-9-13)10-14-4-3-5-15-17(14)20-16(21)11-19-15/h3-9,11H,2,10H2,1H3,(H,20,21). The van der Waals surface area contributed by atoms with Crippen LogP contribution in [0.2, 0.25) is 0 Å². The van der Waals surface area contributed by atoms with Crippen LogP contribution in [0.5, 0.6) is 0 Å². The molecule has 0 bridgehead atoms. The molecule has 5 nitrogen and oxygen atoms in total. The van der Waals surface area contributed by atoms with E-state index in [4.69, 9.17) is 4.74 Å². The van der Waals surface area contributed by atoms with E-state index in [9.17, 15) is 9.59 Å². The first-order chi connectivity index (χ1) is 11.2. The number of nitrogens with zero attached hydrogens (tertiary/aromatic N) is 1. The van der Waals surface area contributed by atoms with Gasteiger partial charge in [-0.05, 0) is 42.7 Å². The van der Waals surface area contributed by atoms with E-state index in [0.29, 0.717) is 18.6 Å². The van der Waals surface area contributed by atoms with Gasteiger partial charge in [-0.25, -0.2) is 9.78 Å². The minimum Gasteiger partial charge on any atom is -0.462 e. The van der Waals surface area contributed by atoms with Gasteiger partial charge in [0.25, 0.3) is 5.56 Å². The fourth-order valence-electron chi connectivity index (χ4n) is 2.46. The topological polar surface area (TPSA) is 72.0 Å². The van der Waals surface area contributed by atoms with E-state index in [2.05, 4.69) is 9.97 Å². The Morgan fingerprint density at radius 1 is 1.17 bits per heavy atom. The molecule has 23 heavy (non-hydrogen) atoms. The van der Waals surface area contributed by atoms with Crippen LogP contribution in [0.3, 0.4) is 0 Å². The van der Waals surface area contributed by atoms with Crippen molar-refractivity contribution in [1.82, 2.24) is 9.97 Å². The summed E-state index contributed by atoms with van der Waals surface area (Å²) in [4.78, 5) is 30.1. The highest BCUT2D eigenvalue weighted by Crippen LogP contribution is 2.17. The van der Waals surface area contributed by atoms with Gasteiger partial charge in [-0.3, -0.25) is 4.79 Å². The third kappa shape index (κ3) is 3.29. The van der Waals surface area contributed by atoms with Crippen molar-refractivity contribution in [2.45, 2.75) is 13.3 Å². The predicted octanol–water partition coefficient (Wildman–Crippen LogP) is 2.69. The smallest absolute Gasteiger partial charge is 0.338 e. The number of para-hydroxylation sites is 1. The second-order valence-corrected chi connectivity index (χ2v) is 5.15. The van der Waals surface area contributed by atoms with Gasteiger partial charge in [0.1, 0.15) is 0 Å². The third-order valence-corrected chi connectivity index (χ3v) is 3.56. The number of H-pyrrole nitrogens is 1. The number of aromatic nitrogens is 2. The van der Waals surface area contributed by atoms with Crippen LogP contribution in [0.25, 0.3) is 11.0 Å². The first kappa shape index (κ1) is 15.0. The zero-order valence-electron chi connectivity index (χ0n) is 12.7. The van der Waals surface area contributed by atoms with Crippen molar-refractivity contribution < 1.29 is 9.53 Å². The first-order valence-electron chi connectivity index (χ1n) is 7.40. The van der Waals surface area contributed by atoms with Gasteiger partial charge in [0.15, 0.2) is 0 Å². The van der Waals surface area contributed by atoms with Gasteiger partial charge in [0.05, 0.1) is 29.4 Å². The van der Waals surface area contributed by atoms with E-state index in [1.54, 1.807) is 19.1 Å². The lowest BCUT2D eigenvalue weighted by atomic mass is 10.0. The van der Waals surface area contributed by atoms with Gasteiger partial charge >= 0.3 is 5.97 Å². The molecule has 1 aromatic heterocycles. The summed E-state index contributed by atoms with van der Waals surface area (Å²) in [6.07, 6.45) is 1.92. The Morgan fingerprint density at radius 3 is 2.70 bits per heavy atom. The van der Waals surface area contributed by atoms with E-state index in [0.717, 1.165) is 22.2 Å². The highest BCUT2D eigenvalue weighted by atomic mass is 16.5. The molecule has 0 aliphatic heterocycles. The lowest BCUT2D eigenvalue weighted by Gasteiger charge is -2.07. The fraction of sp³-hybridized carbons (Fsp3) is 0.167. The van der Waals surface area contributed by atoms with Crippen molar-refractivity contribution in [2.24, 2.45) is 0 Å². The molecule has 0 spiro atoms. The molecule has 0 radical (unpaired) electrons. The zero-order valence-corrected chi connectivity index (χ0v) is 12.7. The summed E-state index contributed by atoms with van der Waals surface area (Å²) in [5.74, 6) is -0.322. The Kier molecular flexibility index (Phi) is 4.19. The number of esters is 1. The van der Waals surface area contributed by atoms with Crippen LogP contribution in [-0.4, -0.2) is 22.5 Å². The predicted molar refractivity (Wildman–Crippen MR) is 87.6 cm³/mol. The molecule has 1 N–H and O–H groups in total. The van der Waals surface area contributed by atoms with Crippen LogP contribution in [0.4, 0.5) is 0 Å². The number of benzene rings is 2. The molecule has 3 aromatic rings. The molecule has 0 amide bonds. The lowest BCUT2D eigenvalue weighted by Crippen LogP contribution is -2.07. The Balaban J connectivity index is 1.89. The van der Waals surface area contributed by atoms with E-state index in [-0.39, 0.29) is 11.5 Å². The Labute approximate surface area is 133 Å². The van der Waals surface area contributed by atoms with Crippen LogP contribution in [-0.2, 0) is 11.2 Å². The number of aromatic amines is 1. The van der Waals surface area contributed by atoms with Crippen molar-refractivity contribution in [3.05, 3.63) is 75.7 Å². The molecule has 0 unspecified atom stereocenters. The van der Waals surface area contributed by atoms with E-state index in [1.807, 2.05) is 30.3 Å². The van der Waals surface area contributed by atoms with Crippen molar-refractivity contribution in [2.75, 3.05) is 6.61 Å². The summed E-state index contributed by atoms with van der Waals surface area (Å²) >= 11 is 0. The molecule has 0 atom stereocenters. The fourth-order valence-corrected chi connectivity index (χ4v) is 2.46. The minimum absolute atomic E-state index is 0.220. The number of carbonyl (C=O) groups is 1. The summed E-state index contributed by atoms with van der Waals surface area (Å²) < 4.78 is 4.97. The highest BCUT2D eigenvalue weighted by molar-refractivity contribution is 5.89. The second-order valence-electron chi connectivity index (χ2n) is 5.15. The quantitative estimate of drug-likeness (QED) is 0.752. The lowest BCUT2D eigenvalue weighted by molar-refractivity contribution is 0.0526. The molecule has 3 rings (SSSR count). The number of rotatable bonds is 4. The molecule has 0 aliphatic rings. The number of ether oxygens (including phenoxy) is 1. The van der Waals surface area contributed by atoms with Crippen LogP contribution < -0.4 is 5.56 Å². The largest absolute Gasteiger partial charge is 0.462 e. The summed E-state index contributed by atoms with van der Waals surface area (Å²) in [6.45, 7) is 2.14. The van der Waals surface area contributed by atoms with E-state index >= 15 is 0 Å². The maximum atomic E-state index is 11.7. The third-order valence-electron chi connectivity index (χ3n) is 3.56. The van der Waals surface area contributed by atoms with Gasteiger partial charge in [-0.2, -0.15) is 0 Å². The van der Waals surface area contributed by atoms with Gasteiger partial charge < -0.3 is 9.72 Å². The van der Waals surface area contributed by atoms with Crippen LogP contribution in [0.15, 0.2) is 53.5 Å². The molecule has 116 valence electrons. The van der Waals surface area contributed by atoms with Crippen LogP contribution in [0, 0.1) is 0 Å². The Morgan fingerprint density at radius 2 is 1.96 bits per heavy atom. The van der Waals surface area contributed by atoms with E-state index < -0.39 is 0 Å². The molecule has 0 saturated heterocycles. The van der Waals surface area contributed by atoms with Gasteiger partial charge in [-0.15, -0.1) is 0 Å². The Hall–Kier alpha value is -2.95. The molecule has 5 heteroatoms. The first-order valence-corrected chi connectivity index (χ1v) is 7.40. The number of hydrogen-bond acceptors (Lipinski definition) is 4. The summed E-state index contributed by atoms with van der Waals surface area (Å²) in [7, 11) is 0. The minimum atomic E-state index is -0.322. The van der Waals surface area contributed by atoms with Crippen molar-refractivity contribution in [3.8, 4) is 0 Å². The van der Waals surface area contributed by atoms with Gasteiger partial charge in [-0.1, -0.05) is 24.3 Å². The molecule has 0 fully saturated rings. The molecule has 1 heterocycles. The SMILES string of the molecule is CCOC(=O)c1ccc(Cc2cccc3ncc(=O)[nH]c23)cc1. The number of carbonyl (C=O) groups excluding carboxylic acids is 1. The number of fused-ring (bicyclic) bond motifs is 1. The average molecular weight is 308 g/mol. The molecular formula is C18H16N2O3. The maximum Gasteiger partial charge on any atom is 0.338 e. The second kappa shape index (κ2) is 6.44. The van der Waals surface area contributed by atoms with Crippen molar-refractivity contribution >= 4 is 17.0 Å². The molecule has 0 aliphatic carbocycles. The summed E-state index contributed by atoms with van der Waals surface area (Å²) in [5, 5.41) is 0. The average Bonchev–Trinajstić information content (AvgIpc) is 2.56. The molecule has 2 aromatic carbocycles. The molecule has 0 saturated carbocycles. The van der Waals surface area contributed by atoms with Crippen molar-refractivity contribution in [3.63, 3.8) is 0 Å². The Bertz CT molecular complexity index is 898. The zero-order chi connectivity index (χ0) is 16.2. The number of hydrogen-bond donors (Lipinski definition) is 1. The molecular weight excluding hydrogens is 292 g/mol. The van der Waals surface area contributed by atoms with Crippen molar-refractivity contribution in [1.29, 1.82) is 0 Å². The maximum absolute atomic E-state index is 11.7. The highest BCUT2D eigenvalue weighted by Gasteiger charge is 2.07. The normalized spacial score (nSPS) is 10.7. The summed E-state index contributed by atoms with van der Waals surface area (Å²) in [6, 6.07) is 13.0. The van der Waals surface area contributed by atoms with Crippen LogP contribution >= 0.6 is 0 Å². The van der Waals surface area contributed by atoms with Gasteiger partial charge in [0.2, 0.25) is 0 Å². The van der Waals surface area contributed by atoms with E-state index in [1.165, 1.54) is 6.20 Å². The summed E-state index contributed by atoms with van der Waals surface area (Å²) in [5.41, 5.74) is 3.83.